The van der Waals surface area contributed by atoms with Gasteiger partial charge < -0.3 is 10.0 Å². The summed E-state index contributed by atoms with van der Waals surface area (Å²) in [7, 11) is 0. The van der Waals surface area contributed by atoms with Crippen LogP contribution in [0.1, 0.15) is 0 Å². The summed E-state index contributed by atoms with van der Waals surface area (Å²) in [6, 6.07) is 4.09. The molecule has 9 heteroatoms. The fourth-order valence-corrected chi connectivity index (χ4v) is 2.85. The number of rotatable bonds is 2. The molecule has 2 aromatic rings. The zero-order valence-corrected chi connectivity index (χ0v) is 11.6. The third-order valence-corrected chi connectivity index (χ3v) is 3.95. The van der Waals surface area contributed by atoms with Gasteiger partial charge in [-0.1, -0.05) is 6.07 Å². The number of halogens is 4. The standard InChI is InChI=1S/C14H11F4N3O2/c15-9-2-1-3-10-11(9)12(20-6-19-10)21-4-7(13(22)23)8(5-21)14(16,17)18/h1-3,6-8H,4-5H2,(H,22,23)/t7-,8-/m1/s1. The molecule has 0 spiro atoms. The van der Waals surface area contributed by atoms with Crippen molar-refractivity contribution in [3.8, 4) is 0 Å². The lowest BCUT2D eigenvalue weighted by atomic mass is 9.96. The minimum atomic E-state index is -4.65. The van der Waals surface area contributed by atoms with E-state index < -0.39 is 36.3 Å². The van der Waals surface area contributed by atoms with Crippen LogP contribution in [0.4, 0.5) is 23.4 Å². The molecule has 122 valence electrons. The molecule has 0 radical (unpaired) electrons. The number of anilines is 1. The Morgan fingerprint density at radius 1 is 1.26 bits per heavy atom. The van der Waals surface area contributed by atoms with E-state index >= 15 is 0 Å². The minimum absolute atomic E-state index is 0.0121. The number of benzene rings is 1. The van der Waals surface area contributed by atoms with Crippen LogP contribution in [-0.2, 0) is 4.79 Å². The Labute approximate surface area is 127 Å². The maximum atomic E-state index is 14.0. The Kier molecular flexibility index (Phi) is 3.57. The second kappa shape index (κ2) is 5.32. The van der Waals surface area contributed by atoms with Crippen LogP contribution < -0.4 is 4.90 Å². The van der Waals surface area contributed by atoms with Gasteiger partial charge in [0.15, 0.2) is 0 Å². The summed E-state index contributed by atoms with van der Waals surface area (Å²) in [5.41, 5.74) is 0.248. The molecule has 1 aliphatic rings. The van der Waals surface area contributed by atoms with Crippen LogP contribution in [0.2, 0.25) is 0 Å². The van der Waals surface area contributed by atoms with Crippen LogP contribution in [0, 0.1) is 17.7 Å². The molecule has 2 atom stereocenters. The van der Waals surface area contributed by atoms with Crippen LogP contribution in [0.3, 0.4) is 0 Å². The molecule has 0 amide bonds. The van der Waals surface area contributed by atoms with Crippen molar-refractivity contribution in [3.63, 3.8) is 0 Å². The third-order valence-electron chi connectivity index (χ3n) is 3.95. The van der Waals surface area contributed by atoms with Crippen molar-refractivity contribution >= 4 is 22.7 Å². The molecule has 3 rings (SSSR count). The fourth-order valence-electron chi connectivity index (χ4n) is 2.85. The van der Waals surface area contributed by atoms with E-state index in [-0.39, 0.29) is 23.3 Å². The van der Waals surface area contributed by atoms with Gasteiger partial charge in [-0.15, -0.1) is 0 Å². The molecular formula is C14H11F4N3O2. The summed E-state index contributed by atoms with van der Waals surface area (Å²) in [5.74, 6) is -5.87. The molecule has 5 nitrogen and oxygen atoms in total. The fraction of sp³-hybridized carbons (Fsp3) is 0.357. The normalized spacial score (nSPS) is 21.8. The topological polar surface area (TPSA) is 66.3 Å². The molecule has 1 aromatic heterocycles. The number of hydrogen-bond acceptors (Lipinski definition) is 4. The van der Waals surface area contributed by atoms with Gasteiger partial charge in [-0.25, -0.2) is 14.4 Å². The van der Waals surface area contributed by atoms with Crippen LogP contribution in [0.5, 0.6) is 0 Å². The second-order valence-corrected chi connectivity index (χ2v) is 5.33. The molecule has 0 saturated carbocycles. The number of hydrogen-bond donors (Lipinski definition) is 1. The summed E-state index contributed by atoms with van der Waals surface area (Å²) in [6.07, 6.45) is -3.53. The average molecular weight is 329 g/mol. The van der Waals surface area contributed by atoms with E-state index in [1.807, 2.05) is 0 Å². The quantitative estimate of drug-likeness (QED) is 0.858. The molecule has 0 unspecified atom stereocenters. The number of aromatic nitrogens is 2. The van der Waals surface area contributed by atoms with E-state index in [0.29, 0.717) is 0 Å². The third kappa shape index (κ3) is 2.66. The molecule has 0 bridgehead atoms. The highest BCUT2D eigenvalue weighted by molar-refractivity contribution is 5.90. The van der Waals surface area contributed by atoms with E-state index in [4.69, 9.17) is 5.11 Å². The van der Waals surface area contributed by atoms with Crippen molar-refractivity contribution in [1.82, 2.24) is 9.97 Å². The van der Waals surface area contributed by atoms with Gasteiger partial charge in [-0.2, -0.15) is 13.2 Å². The van der Waals surface area contributed by atoms with Crippen molar-refractivity contribution in [2.75, 3.05) is 18.0 Å². The van der Waals surface area contributed by atoms with E-state index in [1.54, 1.807) is 0 Å². The molecule has 23 heavy (non-hydrogen) atoms. The Morgan fingerprint density at radius 2 is 2.00 bits per heavy atom. The number of alkyl halides is 3. The van der Waals surface area contributed by atoms with E-state index in [0.717, 1.165) is 17.3 Å². The van der Waals surface area contributed by atoms with Crippen molar-refractivity contribution in [3.05, 3.63) is 30.3 Å². The smallest absolute Gasteiger partial charge is 0.394 e. The molecular weight excluding hydrogens is 318 g/mol. The van der Waals surface area contributed by atoms with E-state index in [1.165, 1.54) is 12.1 Å². The molecule has 1 saturated heterocycles. The maximum absolute atomic E-state index is 14.0. The largest absolute Gasteiger partial charge is 0.481 e. The van der Waals surface area contributed by atoms with Gasteiger partial charge >= 0.3 is 12.1 Å². The molecule has 2 heterocycles. The Morgan fingerprint density at radius 3 is 2.61 bits per heavy atom. The summed E-state index contributed by atoms with van der Waals surface area (Å²) < 4.78 is 53.2. The number of nitrogens with zero attached hydrogens (tertiary/aromatic N) is 3. The predicted molar refractivity (Wildman–Crippen MR) is 72.4 cm³/mol. The Hall–Kier alpha value is -2.45. The van der Waals surface area contributed by atoms with Crippen molar-refractivity contribution in [1.29, 1.82) is 0 Å². The van der Waals surface area contributed by atoms with Gasteiger partial charge in [-0.05, 0) is 12.1 Å². The van der Waals surface area contributed by atoms with E-state index in [2.05, 4.69) is 9.97 Å². The second-order valence-electron chi connectivity index (χ2n) is 5.33. The van der Waals surface area contributed by atoms with Crippen LogP contribution in [0.25, 0.3) is 10.9 Å². The predicted octanol–water partition coefficient (Wildman–Crippen LogP) is 2.47. The number of carboxylic acid groups (broad SMARTS) is 1. The van der Waals surface area contributed by atoms with Crippen molar-refractivity contribution in [2.45, 2.75) is 6.18 Å². The van der Waals surface area contributed by atoms with Gasteiger partial charge in [0, 0.05) is 13.1 Å². The first-order valence-electron chi connectivity index (χ1n) is 6.72. The lowest BCUT2D eigenvalue weighted by Gasteiger charge is -2.20. The summed E-state index contributed by atoms with van der Waals surface area (Å²) in [5, 5.41) is 9.03. The lowest BCUT2D eigenvalue weighted by Crippen LogP contribution is -2.33. The Bertz CT molecular complexity index is 760. The molecule has 1 fully saturated rings. The van der Waals surface area contributed by atoms with Gasteiger partial charge in [-0.3, -0.25) is 4.79 Å². The highest BCUT2D eigenvalue weighted by Crippen LogP contribution is 2.40. The number of carboxylic acids is 1. The van der Waals surface area contributed by atoms with Crippen LogP contribution in [0.15, 0.2) is 24.5 Å². The number of aliphatic carboxylic acids is 1. The van der Waals surface area contributed by atoms with Gasteiger partial charge in [0.05, 0.1) is 22.7 Å². The van der Waals surface area contributed by atoms with Gasteiger partial charge in [0.2, 0.25) is 0 Å². The Balaban J connectivity index is 2.05. The average Bonchev–Trinajstić information content (AvgIpc) is 2.92. The summed E-state index contributed by atoms with van der Waals surface area (Å²) >= 11 is 0. The van der Waals surface area contributed by atoms with Crippen molar-refractivity contribution in [2.24, 2.45) is 11.8 Å². The zero-order valence-electron chi connectivity index (χ0n) is 11.6. The first-order chi connectivity index (χ1) is 10.8. The molecule has 1 aromatic carbocycles. The van der Waals surface area contributed by atoms with Crippen molar-refractivity contribution < 1.29 is 27.5 Å². The van der Waals surface area contributed by atoms with Gasteiger partial charge in [0.25, 0.3) is 0 Å². The molecule has 1 aliphatic heterocycles. The van der Waals surface area contributed by atoms with Gasteiger partial charge in [0.1, 0.15) is 18.0 Å². The number of fused-ring (bicyclic) bond motifs is 1. The highest BCUT2D eigenvalue weighted by Gasteiger charge is 2.53. The maximum Gasteiger partial charge on any atom is 0.394 e. The monoisotopic (exact) mass is 329 g/mol. The minimum Gasteiger partial charge on any atom is -0.481 e. The van der Waals surface area contributed by atoms with Crippen LogP contribution in [-0.4, -0.2) is 40.3 Å². The highest BCUT2D eigenvalue weighted by atomic mass is 19.4. The first-order valence-corrected chi connectivity index (χ1v) is 6.72. The lowest BCUT2D eigenvalue weighted by molar-refractivity contribution is -0.187. The number of carbonyl (C=O) groups is 1. The first kappa shape index (κ1) is 15.4. The van der Waals surface area contributed by atoms with Crippen LogP contribution >= 0.6 is 0 Å². The SMILES string of the molecule is O=C(O)[C@@H]1CN(c2ncnc3cccc(F)c23)C[C@H]1C(F)(F)F. The zero-order chi connectivity index (χ0) is 16.8. The van der Waals surface area contributed by atoms with E-state index in [9.17, 15) is 22.4 Å². The summed E-state index contributed by atoms with van der Waals surface area (Å²) in [6.45, 7) is -0.971. The summed E-state index contributed by atoms with van der Waals surface area (Å²) in [4.78, 5) is 20.0. The molecule has 1 N–H and O–H groups in total. The molecule has 0 aliphatic carbocycles.